The van der Waals surface area contributed by atoms with E-state index in [2.05, 4.69) is 15.9 Å². The van der Waals surface area contributed by atoms with Gasteiger partial charge < -0.3 is 5.11 Å². The zero-order valence-corrected chi connectivity index (χ0v) is 20.1. The molecule has 2 heterocycles. The molecule has 34 heavy (non-hydrogen) atoms. The maximum Gasteiger partial charge on any atom is 0.249 e. The lowest BCUT2D eigenvalue weighted by molar-refractivity contribution is -0.138. The Morgan fingerprint density at radius 3 is 1.94 bits per heavy atom. The van der Waals surface area contributed by atoms with E-state index in [-0.39, 0.29) is 11.8 Å². The second-order valence-electron chi connectivity index (χ2n) is 8.44. The first kappa shape index (κ1) is 22.5. The molecular formula is C27H24BrN3O3. The van der Waals surface area contributed by atoms with Crippen LogP contribution in [0, 0.1) is 5.92 Å². The van der Waals surface area contributed by atoms with Gasteiger partial charge in [0.15, 0.2) is 0 Å². The molecule has 0 bridgehead atoms. The number of aliphatic hydroxyl groups is 1. The van der Waals surface area contributed by atoms with Crippen LogP contribution in [0.4, 0.5) is 11.4 Å². The van der Waals surface area contributed by atoms with Gasteiger partial charge in [-0.1, -0.05) is 76.6 Å². The zero-order valence-electron chi connectivity index (χ0n) is 18.5. The van der Waals surface area contributed by atoms with Crippen LogP contribution in [0.3, 0.4) is 0 Å². The van der Waals surface area contributed by atoms with Crippen LogP contribution in [-0.2, 0) is 9.59 Å². The first-order valence-corrected chi connectivity index (χ1v) is 11.9. The Morgan fingerprint density at radius 2 is 1.38 bits per heavy atom. The minimum Gasteiger partial charge on any atom is -0.386 e. The van der Waals surface area contributed by atoms with E-state index in [0.29, 0.717) is 5.56 Å². The zero-order chi connectivity index (χ0) is 23.8. The van der Waals surface area contributed by atoms with Gasteiger partial charge in [-0.15, -0.1) is 0 Å². The molecule has 0 spiro atoms. The van der Waals surface area contributed by atoms with Gasteiger partial charge in [0.2, 0.25) is 11.8 Å². The Bertz CT molecular complexity index is 1180. The number of rotatable bonds is 5. The molecule has 0 aromatic heterocycles. The Kier molecular flexibility index (Phi) is 6.08. The fourth-order valence-electron chi connectivity index (χ4n) is 4.71. The molecule has 0 radical (unpaired) electrons. The van der Waals surface area contributed by atoms with Crippen molar-refractivity contribution in [3.8, 4) is 0 Å². The van der Waals surface area contributed by atoms with Crippen molar-refractivity contribution >= 4 is 39.1 Å². The van der Waals surface area contributed by atoms with Crippen LogP contribution in [0.5, 0.6) is 0 Å². The van der Waals surface area contributed by atoms with Gasteiger partial charge in [0.05, 0.1) is 29.4 Å². The van der Waals surface area contributed by atoms with Gasteiger partial charge in [-0.3, -0.25) is 19.5 Å². The monoisotopic (exact) mass is 517 g/mol. The number of hydrazine groups is 1. The molecule has 5 rings (SSSR count). The van der Waals surface area contributed by atoms with Crippen LogP contribution >= 0.6 is 15.9 Å². The van der Waals surface area contributed by atoms with Crippen molar-refractivity contribution in [2.24, 2.45) is 5.92 Å². The molecule has 2 amide bonds. The summed E-state index contributed by atoms with van der Waals surface area (Å²) in [5.74, 6) is -1.15. The molecule has 3 aromatic carbocycles. The van der Waals surface area contributed by atoms with Crippen LogP contribution in [0.2, 0.25) is 0 Å². The smallest absolute Gasteiger partial charge is 0.249 e. The lowest BCUT2D eigenvalue weighted by Gasteiger charge is -2.47. The first-order valence-electron chi connectivity index (χ1n) is 11.1. The molecule has 172 valence electrons. The summed E-state index contributed by atoms with van der Waals surface area (Å²) in [5, 5.41) is 15.4. The fraction of sp³-hybridized carbons (Fsp3) is 0.185. The van der Waals surface area contributed by atoms with Gasteiger partial charge in [-0.25, -0.2) is 0 Å². The quantitative estimate of drug-likeness (QED) is 0.399. The van der Waals surface area contributed by atoms with E-state index < -0.39 is 24.1 Å². The molecule has 2 aliphatic heterocycles. The Balaban J connectivity index is 1.69. The van der Waals surface area contributed by atoms with Crippen molar-refractivity contribution in [1.29, 1.82) is 0 Å². The van der Waals surface area contributed by atoms with Crippen molar-refractivity contribution in [1.82, 2.24) is 9.91 Å². The molecule has 7 heteroatoms. The summed E-state index contributed by atoms with van der Waals surface area (Å²) in [6.45, 7) is 0. The second kappa shape index (κ2) is 9.18. The number of anilines is 2. The van der Waals surface area contributed by atoms with Crippen molar-refractivity contribution in [2.75, 3.05) is 12.1 Å². The molecule has 6 nitrogen and oxygen atoms in total. The van der Waals surface area contributed by atoms with Crippen LogP contribution in [0.25, 0.3) is 0 Å². The van der Waals surface area contributed by atoms with Crippen molar-refractivity contribution in [3.05, 3.63) is 107 Å². The number of likely N-dealkylation sites (N-methyl/N-ethyl adjacent to an activating group) is 1. The molecule has 4 atom stereocenters. The van der Waals surface area contributed by atoms with E-state index >= 15 is 0 Å². The number of halogens is 1. The number of benzene rings is 3. The van der Waals surface area contributed by atoms with E-state index in [0.717, 1.165) is 15.8 Å². The number of aliphatic hydroxyl groups excluding tert-OH is 1. The number of hydrogen-bond donors (Lipinski definition) is 1. The average Bonchev–Trinajstić information content (AvgIpc) is 3.09. The third kappa shape index (κ3) is 3.86. The topological polar surface area (TPSA) is 64.1 Å². The maximum absolute atomic E-state index is 13.4. The predicted molar refractivity (Wildman–Crippen MR) is 134 cm³/mol. The molecule has 4 unspecified atom stereocenters. The number of hydrogen-bond acceptors (Lipinski definition) is 5. The Labute approximate surface area is 206 Å². The van der Waals surface area contributed by atoms with Crippen LogP contribution in [0.15, 0.2) is 102 Å². The maximum atomic E-state index is 13.4. The number of para-hydroxylation sites is 2. The SMILES string of the molecule is CN1C(=O)C2C=CC(C(O)c3ccc(Br)cc3)N(N(c3ccccc3)c3ccccc3)C2C1=O. The lowest BCUT2D eigenvalue weighted by atomic mass is 9.90. The summed E-state index contributed by atoms with van der Waals surface area (Å²) in [6.07, 6.45) is 2.68. The number of carbonyl (C=O) groups excluding carboxylic acids is 2. The summed E-state index contributed by atoms with van der Waals surface area (Å²) < 4.78 is 0.910. The molecule has 1 saturated heterocycles. The summed E-state index contributed by atoms with van der Waals surface area (Å²) >= 11 is 3.44. The van der Waals surface area contributed by atoms with Crippen LogP contribution < -0.4 is 5.01 Å². The third-order valence-corrected chi connectivity index (χ3v) is 6.94. The predicted octanol–water partition coefficient (Wildman–Crippen LogP) is 4.46. The highest BCUT2D eigenvalue weighted by Gasteiger charge is 2.54. The highest BCUT2D eigenvalue weighted by Crippen LogP contribution is 2.41. The van der Waals surface area contributed by atoms with Crippen molar-refractivity contribution in [3.63, 3.8) is 0 Å². The number of carbonyl (C=O) groups is 2. The number of fused-ring (bicyclic) bond motifs is 1. The van der Waals surface area contributed by atoms with E-state index in [4.69, 9.17) is 0 Å². The van der Waals surface area contributed by atoms with E-state index in [1.54, 1.807) is 6.08 Å². The van der Waals surface area contributed by atoms with Crippen molar-refractivity contribution < 1.29 is 14.7 Å². The van der Waals surface area contributed by atoms with Gasteiger partial charge in [0.25, 0.3) is 0 Å². The number of nitrogens with zero attached hydrogens (tertiary/aromatic N) is 3. The fourth-order valence-corrected chi connectivity index (χ4v) is 4.97. The first-order chi connectivity index (χ1) is 16.5. The summed E-state index contributed by atoms with van der Waals surface area (Å²) in [5.41, 5.74) is 2.36. The summed E-state index contributed by atoms with van der Waals surface area (Å²) in [6, 6.07) is 25.5. The third-order valence-electron chi connectivity index (χ3n) is 6.41. The lowest BCUT2D eigenvalue weighted by Crippen LogP contribution is -2.59. The van der Waals surface area contributed by atoms with Gasteiger partial charge in [0, 0.05) is 11.5 Å². The van der Waals surface area contributed by atoms with Gasteiger partial charge >= 0.3 is 0 Å². The molecular weight excluding hydrogens is 494 g/mol. The molecule has 2 aliphatic rings. The molecule has 1 fully saturated rings. The van der Waals surface area contributed by atoms with Gasteiger partial charge in [-0.05, 0) is 42.0 Å². The number of imide groups is 1. The second-order valence-corrected chi connectivity index (χ2v) is 9.36. The van der Waals surface area contributed by atoms with Gasteiger partial charge in [-0.2, -0.15) is 5.01 Å². The molecule has 3 aromatic rings. The minimum absolute atomic E-state index is 0.242. The van der Waals surface area contributed by atoms with Gasteiger partial charge in [0.1, 0.15) is 6.04 Å². The summed E-state index contributed by atoms with van der Waals surface area (Å²) in [7, 11) is 1.52. The largest absolute Gasteiger partial charge is 0.386 e. The van der Waals surface area contributed by atoms with E-state index in [1.807, 2.05) is 101 Å². The summed E-state index contributed by atoms with van der Waals surface area (Å²) in [4.78, 5) is 27.5. The van der Waals surface area contributed by atoms with E-state index in [1.165, 1.54) is 11.9 Å². The van der Waals surface area contributed by atoms with Crippen molar-refractivity contribution in [2.45, 2.75) is 18.2 Å². The van der Waals surface area contributed by atoms with Crippen LogP contribution in [-0.4, -0.2) is 46.0 Å². The molecule has 1 N–H and O–H groups in total. The normalized spacial score (nSPS) is 23.1. The highest BCUT2D eigenvalue weighted by atomic mass is 79.9. The standard InChI is InChI=1S/C27H24BrN3O3/c1-29-26(33)22-16-17-23(25(32)18-12-14-19(28)15-13-18)31(24(22)27(29)34)30(20-8-4-2-5-9-20)21-10-6-3-7-11-21/h2-17,22-25,32H,1H3. The number of likely N-dealkylation sites (tertiary alicyclic amines) is 1. The minimum atomic E-state index is -0.936. The Hall–Kier alpha value is -3.26. The highest BCUT2D eigenvalue weighted by molar-refractivity contribution is 9.10. The average molecular weight is 518 g/mol. The number of amides is 2. The van der Waals surface area contributed by atoms with Crippen LogP contribution in [0.1, 0.15) is 11.7 Å². The molecule has 0 aliphatic carbocycles. The molecule has 0 saturated carbocycles. The Morgan fingerprint density at radius 1 is 0.824 bits per heavy atom. The van der Waals surface area contributed by atoms with E-state index in [9.17, 15) is 14.7 Å².